The molecule has 1 aliphatic carbocycles. The lowest BCUT2D eigenvalue weighted by Gasteiger charge is -2.32. The Hall–Kier alpha value is -1.06. The first kappa shape index (κ1) is 43.0. The molecule has 0 amide bonds. The van der Waals surface area contributed by atoms with Crippen molar-refractivity contribution in [2.75, 3.05) is 13.2 Å². The Morgan fingerprint density at radius 1 is 0.370 bits per heavy atom. The number of carbonyl (C=O) groups is 2. The minimum Gasteiger partial charge on any atom is -0.465 e. The van der Waals surface area contributed by atoms with E-state index in [1.165, 1.54) is 167 Å². The van der Waals surface area contributed by atoms with Crippen molar-refractivity contribution in [2.45, 2.75) is 239 Å². The van der Waals surface area contributed by atoms with Gasteiger partial charge in [-0.3, -0.25) is 9.59 Å². The molecule has 0 saturated heterocycles. The van der Waals surface area contributed by atoms with Crippen LogP contribution in [-0.4, -0.2) is 25.2 Å². The van der Waals surface area contributed by atoms with Gasteiger partial charge in [0.1, 0.15) is 0 Å². The molecule has 4 heteroatoms. The number of unbranched alkanes of at least 4 members (excludes halogenated alkanes) is 28. The van der Waals surface area contributed by atoms with E-state index in [1.54, 1.807) is 0 Å². The Morgan fingerprint density at radius 2 is 0.609 bits per heavy atom. The van der Waals surface area contributed by atoms with E-state index in [0.717, 1.165) is 44.9 Å². The molecule has 46 heavy (non-hydrogen) atoms. The molecular weight excluding hydrogens is 568 g/mol. The SMILES string of the molecule is CCCCCCCCCCCCCCCCCOC(=O)C1(C(=O)OCCCCCCCCCCCCCCCCC)CCCCC1. The van der Waals surface area contributed by atoms with Crippen molar-refractivity contribution in [1.29, 1.82) is 0 Å². The molecule has 0 heterocycles. The first-order valence-corrected chi connectivity index (χ1v) is 21.0. The summed E-state index contributed by atoms with van der Waals surface area (Å²) in [6, 6.07) is 0. The van der Waals surface area contributed by atoms with E-state index in [1.807, 2.05) is 0 Å². The predicted molar refractivity (Wildman–Crippen MR) is 197 cm³/mol. The van der Waals surface area contributed by atoms with Crippen LogP contribution in [0.25, 0.3) is 0 Å². The van der Waals surface area contributed by atoms with Crippen LogP contribution in [0.1, 0.15) is 239 Å². The zero-order chi connectivity index (χ0) is 33.2. The lowest BCUT2D eigenvalue weighted by atomic mass is 9.74. The molecule has 0 spiro atoms. The third-order valence-electron chi connectivity index (χ3n) is 10.5. The number of hydrogen-bond donors (Lipinski definition) is 0. The number of ether oxygens (including phenoxy) is 2. The summed E-state index contributed by atoms with van der Waals surface area (Å²) in [5.74, 6) is -0.641. The minimum atomic E-state index is -1.05. The van der Waals surface area contributed by atoms with E-state index in [-0.39, 0.29) is 11.9 Å². The summed E-state index contributed by atoms with van der Waals surface area (Å²) < 4.78 is 11.4. The molecule has 0 aromatic heterocycles. The topological polar surface area (TPSA) is 52.6 Å². The van der Waals surface area contributed by atoms with Crippen LogP contribution in [-0.2, 0) is 19.1 Å². The van der Waals surface area contributed by atoms with Crippen LogP contribution in [0.15, 0.2) is 0 Å². The van der Waals surface area contributed by atoms with Gasteiger partial charge in [-0.05, 0) is 25.7 Å². The van der Waals surface area contributed by atoms with Crippen molar-refractivity contribution >= 4 is 11.9 Å². The number of hydrogen-bond acceptors (Lipinski definition) is 4. The second kappa shape index (κ2) is 32.5. The second-order valence-electron chi connectivity index (χ2n) is 14.8. The zero-order valence-electron chi connectivity index (χ0n) is 31.3. The summed E-state index contributed by atoms with van der Waals surface area (Å²) in [7, 11) is 0. The number of rotatable bonds is 34. The third-order valence-corrected chi connectivity index (χ3v) is 10.5. The van der Waals surface area contributed by atoms with Gasteiger partial charge in [0.2, 0.25) is 0 Å². The number of esters is 2. The van der Waals surface area contributed by atoms with Gasteiger partial charge in [0.15, 0.2) is 5.41 Å². The fourth-order valence-corrected chi connectivity index (χ4v) is 7.20. The highest BCUT2D eigenvalue weighted by atomic mass is 16.6. The summed E-state index contributed by atoms with van der Waals surface area (Å²) in [4.78, 5) is 26.3. The van der Waals surface area contributed by atoms with Gasteiger partial charge in [-0.1, -0.05) is 213 Å². The van der Waals surface area contributed by atoms with Crippen molar-refractivity contribution in [3.05, 3.63) is 0 Å². The lowest BCUT2D eigenvalue weighted by molar-refractivity contribution is -0.175. The quantitative estimate of drug-likeness (QED) is 0.0396. The third kappa shape index (κ3) is 23.3. The van der Waals surface area contributed by atoms with Crippen molar-refractivity contribution < 1.29 is 19.1 Å². The standard InChI is InChI=1S/C42H80O4/c1-3-5-7-9-11-13-15-17-19-21-23-25-27-29-34-38-45-40(43)42(36-32-31-33-37-42)41(44)46-39-35-30-28-26-24-22-20-18-16-14-12-10-8-6-4-2/h3-39H2,1-2H3. The van der Waals surface area contributed by atoms with Crippen molar-refractivity contribution in [3.8, 4) is 0 Å². The van der Waals surface area contributed by atoms with E-state index in [0.29, 0.717) is 26.1 Å². The van der Waals surface area contributed by atoms with E-state index in [4.69, 9.17) is 9.47 Å². The van der Waals surface area contributed by atoms with Gasteiger partial charge in [0.25, 0.3) is 0 Å². The Bertz CT molecular complexity index is 619. The second-order valence-corrected chi connectivity index (χ2v) is 14.8. The predicted octanol–water partition coefficient (Wildman–Crippen LogP) is 13.8. The molecule has 0 aromatic carbocycles. The van der Waals surface area contributed by atoms with Crippen LogP contribution in [0.3, 0.4) is 0 Å². The van der Waals surface area contributed by atoms with E-state index in [2.05, 4.69) is 13.8 Å². The summed E-state index contributed by atoms with van der Waals surface area (Å²) in [6.45, 7) is 5.43. The molecule has 0 aliphatic heterocycles. The molecule has 1 aliphatic rings. The molecule has 0 unspecified atom stereocenters. The summed E-state index contributed by atoms with van der Waals surface area (Å²) in [5.41, 5.74) is -1.05. The van der Waals surface area contributed by atoms with Crippen LogP contribution in [0, 0.1) is 5.41 Å². The van der Waals surface area contributed by atoms with Crippen LogP contribution in [0.5, 0.6) is 0 Å². The molecule has 0 radical (unpaired) electrons. The van der Waals surface area contributed by atoms with E-state index in [9.17, 15) is 9.59 Å². The van der Waals surface area contributed by atoms with Crippen molar-refractivity contribution in [3.63, 3.8) is 0 Å². The van der Waals surface area contributed by atoms with Crippen LogP contribution in [0.2, 0.25) is 0 Å². The van der Waals surface area contributed by atoms with Gasteiger partial charge < -0.3 is 9.47 Å². The Labute approximate surface area is 287 Å². The maximum Gasteiger partial charge on any atom is 0.323 e. The average molecular weight is 649 g/mol. The molecule has 4 nitrogen and oxygen atoms in total. The lowest BCUT2D eigenvalue weighted by Crippen LogP contribution is -2.43. The minimum absolute atomic E-state index is 0.320. The highest BCUT2D eigenvalue weighted by Crippen LogP contribution is 2.39. The fraction of sp³-hybridized carbons (Fsp3) is 0.952. The Kier molecular flexibility index (Phi) is 30.3. The summed E-state index contributed by atoms with van der Waals surface area (Å²) in [6.07, 6.45) is 43.6. The van der Waals surface area contributed by atoms with Gasteiger partial charge in [-0.15, -0.1) is 0 Å². The Morgan fingerprint density at radius 3 is 0.870 bits per heavy atom. The number of carbonyl (C=O) groups excluding carboxylic acids is 2. The highest BCUT2D eigenvalue weighted by Gasteiger charge is 2.49. The van der Waals surface area contributed by atoms with Crippen molar-refractivity contribution in [2.24, 2.45) is 5.41 Å². The van der Waals surface area contributed by atoms with E-state index < -0.39 is 5.41 Å². The highest BCUT2D eigenvalue weighted by molar-refractivity contribution is 6.00. The van der Waals surface area contributed by atoms with Gasteiger partial charge >= 0.3 is 11.9 Å². The fourth-order valence-electron chi connectivity index (χ4n) is 7.20. The van der Waals surface area contributed by atoms with Crippen molar-refractivity contribution in [1.82, 2.24) is 0 Å². The first-order valence-electron chi connectivity index (χ1n) is 21.0. The monoisotopic (exact) mass is 649 g/mol. The maximum atomic E-state index is 13.2. The molecule has 272 valence electrons. The van der Waals surface area contributed by atoms with Crippen LogP contribution < -0.4 is 0 Å². The molecule has 1 saturated carbocycles. The van der Waals surface area contributed by atoms with Gasteiger partial charge in [0.05, 0.1) is 13.2 Å². The Balaban J connectivity index is 2.03. The zero-order valence-corrected chi connectivity index (χ0v) is 31.3. The normalized spacial score (nSPS) is 14.4. The smallest absolute Gasteiger partial charge is 0.323 e. The van der Waals surface area contributed by atoms with E-state index >= 15 is 0 Å². The largest absolute Gasteiger partial charge is 0.465 e. The van der Waals surface area contributed by atoms with Crippen LogP contribution in [0.4, 0.5) is 0 Å². The van der Waals surface area contributed by atoms with Gasteiger partial charge in [-0.25, -0.2) is 0 Å². The van der Waals surface area contributed by atoms with Gasteiger partial charge in [-0.2, -0.15) is 0 Å². The molecule has 0 bridgehead atoms. The van der Waals surface area contributed by atoms with Crippen LogP contribution >= 0.6 is 0 Å². The summed E-state index contributed by atoms with van der Waals surface area (Å²) in [5, 5.41) is 0. The molecule has 0 atom stereocenters. The van der Waals surface area contributed by atoms with Gasteiger partial charge in [0, 0.05) is 0 Å². The molecule has 0 aromatic rings. The molecule has 1 rings (SSSR count). The molecular formula is C42H80O4. The molecule has 0 N–H and O–H groups in total. The first-order chi connectivity index (χ1) is 22.7. The summed E-state index contributed by atoms with van der Waals surface area (Å²) >= 11 is 0. The average Bonchev–Trinajstić information content (AvgIpc) is 3.08. The maximum absolute atomic E-state index is 13.2. The molecule has 1 fully saturated rings.